The highest BCUT2D eigenvalue weighted by molar-refractivity contribution is 8.15. The van der Waals surface area contributed by atoms with E-state index in [-0.39, 0.29) is 4.21 Å². The van der Waals surface area contributed by atoms with Gasteiger partial charge in [0.2, 0.25) is 0 Å². The number of nitrogens with zero attached hydrogens (tertiary/aromatic N) is 1. The Hall–Kier alpha value is -3.73. The molecule has 0 aliphatic rings. The molecule has 0 fully saturated rings. The van der Waals surface area contributed by atoms with Crippen LogP contribution in [0.4, 0.5) is 0 Å². The first-order valence-electron chi connectivity index (χ1n) is 12.7. The number of halogens is 1. The molecule has 5 nitrogen and oxygen atoms in total. The Morgan fingerprint density at radius 1 is 0.500 bits per heavy atom. The molecule has 0 radical (unpaired) electrons. The minimum Gasteiger partial charge on any atom is -0.248 e. The summed E-state index contributed by atoms with van der Waals surface area (Å²) in [4.78, 5) is 1.85. The van der Waals surface area contributed by atoms with Crippen molar-refractivity contribution in [2.45, 2.75) is 8.42 Å². The summed E-state index contributed by atoms with van der Waals surface area (Å²) < 4.78 is 49.6. The van der Waals surface area contributed by atoms with E-state index < -0.39 is 19.1 Å². The van der Waals surface area contributed by atoms with Gasteiger partial charge in [0.15, 0.2) is 0 Å². The summed E-state index contributed by atoms with van der Waals surface area (Å²) in [6.07, 6.45) is 3.10. The van der Waals surface area contributed by atoms with Crippen LogP contribution in [-0.4, -0.2) is 20.8 Å². The van der Waals surface area contributed by atoms with E-state index in [0.717, 1.165) is 42.4 Å². The van der Waals surface area contributed by atoms with Gasteiger partial charge in [-0.25, -0.2) is 12.4 Å². The van der Waals surface area contributed by atoms with Crippen molar-refractivity contribution in [3.05, 3.63) is 134 Å². The molecule has 0 amide bonds. The number of aromatic nitrogens is 1. The van der Waals surface area contributed by atoms with Gasteiger partial charge in [-0.3, -0.25) is 0 Å². The Balaban J connectivity index is 0.000000153. The van der Waals surface area contributed by atoms with E-state index in [2.05, 4.69) is 18.2 Å². The lowest BCUT2D eigenvalue weighted by atomic mass is 10.0. The van der Waals surface area contributed by atoms with Crippen molar-refractivity contribution in [1.29, 1.82) is 0 Å². The topological polar surface area (TPSA) is 73.2 Å². The molecule has 210 valence electrons. The molecule has 0 bridgehead atoms. The van der Waals surface area contributed by atoms with Crippen molar-refractivity contribution in [3.8, 4) is 20.9 Å². The van der Waals surface area contributed by atoms with Gasteiger partial charge >= 0.3 is 0 Å². The quantitative estimate of drug-likeness (QED) is 0.175. The normalized spacial score (nSPS) is 11.8. The first-order chi connectivity index (χ1) is 20.2. The molecule has 7 aromatic rings. The Bertz CT molecular complexity index is 2240. The van der Waals surface area contributed by atoms with E-state index >= 15 is 0 Å². The molecule has 4 aromatic carbocycles. The molecular formula is C32H22ClNO4S4. The Morgan fingerprint density at radius 3 is 1.45 bits per heavy atom. The van der Waals surface area contributed by atoms with Gasteiger partial charge in [0.1, 0.15) is 8.42 Å². The smallest absolute Gasteiger partial charge is 0.248 e. The molecule has 0 aliphatic heterocycles. The molecule has 0 aliphatic carbocycles. The van der Waals surface area contributed by atoms with E-state index in [4.69, 9.17) is 10.7 Å². The Kier molecular flexibility index (Phi) is 7.78. The molecule has 0 saturated heterocycles. The van der Waals surface area contributed by atoms with Crippen LogP contribution < -0.4 is 0 Å². The van der Waals surface area contributed by atoms with Crippen LogP contribution in [0.3, 0.4) is 0 Å². The fraction of sp³-hybridized carbons (Fsp3) is 0. The standard InChI is InChI=1S/C18H13NO2S2.C14H9ClO2S2/c20-23(21,19-12-3-4-13-19)18-11-10-17(22-18)16-9-5-7-14-6-1-2-8-15(14)16;15-19(16,17)14-9-8-13(18-14)12-7-3-5-10-4-1-2-6-11(10)12/h1-13H;1-9H. The second-order valence-electron chi connectivity index (χ2n) is 9.25. The maximum Gasteiger partial charge on any atom is 0.277 e. The van der Waals surface area contributed by atoms with Crippen LogP contribution in [0.5, 0.6) is 0 Å². The van der Waals surface area contributed by atoms with Crippen LogP contribution in [0.15, 0.2) is 142 Å². The molecule has 3 heterocycles. The molecule has 0 spiro atoms. The first-order valence-corrected chi connectivity index (χ1v) is 18.1. The van der Waals surface area contributed by atoms with Crippen LogP contribution in [-0.2, 0) is 19.1 Å². The van der Waals surface area contributed by atoms with Gasteiger partial charge in [-0.2, -0.15) is 8.42 Å². The molecular weight excluding hydrogens is 626 g/mol. The monoisotopic (exact) mass is 647 g/mol. The summed E-state index contributed by atoms with van der Waals surface area (Å²) >= 11 is 2.49. The SMILES string of the molecule is O=S(=O)(Cl)c1ccc(-c2cccc3ccccc23)s1.O=S(=O)(c1ccc(-c2cccc3ccccc23)s1)n1cccc1. The van der Waals surface area contributed by atoms with E-state index in [9.17, 15) is 16.8 Å². The van der Waals surface area contributed by atoms with Gasteiger partial charge in [-0.1, -0.05) is 84.9 Å². The van der Waals surface area contributed by atoms with Crippen molar-refractivity contribution in [2.24, 2.45) is 0 Å². The third kappa shape index (κ3) is 5.66. The fourth-order valence-electron chi connectivity index (χ4n) is 4.66. The van der Waals surface area contributed by atoms with Gasteiger partial charge < -0.3 is 0 Å². The predicted molar refractivity (Wildman–Crippen MR) is 175 cm³/mol. The summed E-state index contributed by atoms with van der Waals surface area (Å²) in [6.45, 7) is 0. The fourth-order valence-corrected chi connectivity index (χ4v) is 9.41. The van der Waals surface area contributed by atoms with E-state index in [1.54, 1.807) is 42.7 Å². The second-order valence-corrected chi connectivity index (χ2v) is 16.3. The number of thiophene rings is 2. The van der Waals surface area contributed by atoms with E-state index in [1.165, 1.54) is 26.6 Å². The summed E-state index contributed by atoms with van der Waals surface area (Å²) in [5.74, 6) is 0. The van der Waals surface area contributed by atoms with Crippen molar-refractivity contribution in [3.63, 3.8) is 0 Å². The van der Waals surface area contributed by atoms with Crippen molar-refractivity contribution >= 4 is 74.0 Å². The van der Waals surface area contributed by atoms with Gasteiger partial charge in [0, 0.05) is 32.8 Å². The van der Waals surface area contributed by atoms with E-state index in [0.29, 0.717) is 4.21 Å². The lowest BCUT2D eigenvalue weighted by Crippen LogP contribution is -2.08. The maximum atomic E-state index is 12.6. The third-order valence-electron chi connectivity index (χ3n) is 6.62. The number of hydrogen-bond donors (Lipinski definition) is 0. The number of hydrogen-bond acceptors (Lipinski definition) is 6. The molecule has 3 aromatic heterocycles. The lowest BCUT2D eigenvalue weighted by molar-refractivity contribution is 0.589. The molecule has 0 unspecified atom stereocenters. The van der Waals surface area contributed by atoms with Crippen molar-refractivity contribution < 1.29 is 16.8 Å². The summed E-state index contributed by atoms with van der Waals surface area (Å²) in [6, 6.07) is 38.5. The largest absolute Gasteiger partial charge is 0.277 e. The van der Waals surface area contributed by atoms with Crippen LogP contribution in [0.25, 0.3) is 42.4 Å². The van der Waals surface area contributed by atoms with Crippen molar-refractivity contribution in [2.75, 3.05) is 0 Å². The lowest BCUT2D eigenvalue weighted by Gasteiger charge is -2.04. The molecule has 0 saturated carbocycles. The molecule has 0 N–H and O–H groups in total. The minimum absolute atomic E-state index is 0.178. The highest BCUT2D eigenvalue weighted by atomic mass is 35.7. The zero-order chi connectivity index (χ0) is 29.3. The zero-order valence-electron chi connectivity index (χ0n) is 21.8. The molecule has 7 rings (SSSR count). The molecule has 0 atom stereocenters. The second kappa shape index (κ2) is 11.5. The van der Waals surface area contributed by atoms with Crippen molar-refractivity contribution in [1.82, 2.24) is 3.97 Å². The Labute approximate surface area is 256 Å². The highest BCUT2D eigenvalue weighted by Gasteiger charge is 2.19. The predicted octanol–water partition coefficient (Wildman–Crippen LogP) is 9.10. The van der Waals surface area contributed by atoms with Crippen LogP contribution in [0.2, 0.25) is 0 Å². The van der Waals surface area contributed by atoms with Gasteiger partial charge in [0.05, 0.1) is 0 Å². The van der Waals surface area contributed by atoms with E-state index in [1.807, 2.05) is 72.8 Å². The van der Waals surface area contributed by atoms with Crippen LogP contribution >= 0.6 is 33.4 Å². The van der Waals surface area contributed by atoms with Crippen LogP contribution in [0.1, 0.15) is 0 Å². The van der Waals surface area contributed by atoms with Crippen LogP contribution in [0, 0.1) is 0 Å². The number of fused-ring (bicyclic) bond motifs is 2. The third-order valence-corrected chi connectivity index (χ3v) is 13.1. The minimum atomic E-state index is -3.65. The van der Waals surface area contributed by atoms with Gasteiger partial charge in [-0.05, 0) is 69.1 Å². The zero-order valence-corrected chi connectivity index (χ0v) is 25.8. The maximum absolute atomic E-state index is 12.6. The van der Waals surface area contributed by atoms with Gasteiger partial charge in [0.25, 0.3) is 19.1 Å². The number of rotatable bonds is 5. The molecule has 10 heteroatoms. The number of benzene rings is 4. The summed E-state index contributed by atoms with van der Waals surface area (Å²) in [5.41, 5.74) is 2.08. The molecule has 42 heavy (non-hydrogen) atoms. The Morgan fingerprint density at radius 2 is 0.952 bits per heavy atom. The highest BCUT2D eigenvalue weighted by Crippen LogP contribution is 2.37. The first kappa shape index (κ1) is 28.4. The van der Waals surface area contributed by atoms with Gasteiger partial charge in [-0.15, -0.1) is 22.7 Å². The summed E-state index contributed by atoms with van der Waals surface area (Å²) in [7, 11) is -1.79. The average molecular weight is 648 g/mol. The average Bonchev–Trinajstić information content (AvgIpc) is 3.79. The summed E-state index contributed by atoms with van der Waals surface area (Å²) in [5, 5.41) is 4.50.